The number of nitrogens with zero attached hydrogens (tertiary/aromatic N) is 2. The van der Waals surface area contributed by atoms with Crippen molar-refractivity contribution in [1.29, 1.82) is 0 Å². The molecule has 0 spiro atoms. The molecule has 2 aromatic carbocycles. The topological polar surface area (TPSA) is 105 Å². The number of aromatic hydroxyl groups is 2. The van der Waals surface area contributed by atoms with Crippen LogP contribution in [0.25, 0.3) is 0 Å². The molecule has 3 rings (SSSR count). The Hall–Kier alpha value is -1.82. The third kappa shape index (κ3) is 8.64. The van der Waals surface area contributed by atoms with E-state index in [1.807, 2.05) is 12.1 Å². The standard InChI is InChI=1S/C26H34Br2N4O4/c27-23-11-19(25(35)21(13-23)17-33)15-31-7-1-3-29-5-10-32(8-2-4-30-6-9-31)16-20-12-24(28)14-22(18-34)26(20)36/h11-14,17-18,29-30,35-36H,1-10,15-16H2. The predicted molar refractivity (Wildman–Crippen MR) is 148 cm³/mol. The van der Waals surface area contributed by atoms with Gasteiger partial charge in [0.15, 0.2) is 12.6 Å². The molecule has 0 bridgehead atoms. The van der Waals surface area contributed by atoms with E-state index in [0.29, 0.717) is 36.8 Å². The quantitative estimate of drug-likeness (QED) is 0.362. The molecule has 8 nitrogen and oxygen atoms in total. The molecule has 1 saturated heterocycles. The minimum Gasteiger partial charge on any atom is -0.507 e. The van der Waals surface area contributed by atoms with Gasteiger partial charge in [0.2, 0.25) is 0 Å². The second-order valence-electron chi connectivity index (χ2n) is 9.00. The summed E-state index contributed by atoms with van der Waals surface area (Å²) in [7, 11) is 0. The number of rotatable bonds is 6. The molecule has 4 N–H and O–H groups in total. The number of phenols is 2. The summed E-state index contributed by atoms with van der Waals surface area (Å²) in [5.74, 6) is 0.103. The number of nitrogens with one attached hydrogen (secondary N) is 2. The zero-order valence-electron chi connectivity index (χ0n) is 20.3. The highest BCUT2D eigenvalue weighted by atomic mass is 79.9. The minimum absolute atomic E-state index is 0.0514. The molecule has 0 radical (unpaired) electrons. The second-order valence-corrected chi connectivity index (χ2v) is 10.8. The average Bonchev–Trinajstić information content (AvgIpc) is 2.86. The molecule has 36 heavy (non-hydrogen) atoms. The zero-order chi connectivity index (χ0) is 25.9. The van der Waals surface area contributed by atoms with E-state index < -0.39 is 0 Å². The van der Waals surface area contributed by atoms with Crippen molar-refractivity contribution in [2.24, 2.45) is 0 Å². The van der Waals surface area contributed by atoms with Crippen LogP contribution >= 0.6 is 31.9 Å². The molecule has 196 valence electrons. The smallest absolute Gasteiger partial charge is 0.153 e. The predicted octanol–water partition coefficient (Wildman–Crippen LogP) is 3.53. The highest BCUT2D eigenvalue weighted by Gasteiger charge is 2.15. The molecule has 0 saturated carbocycles. The minimum atomic E-state index is 0.0514. The molecule has 10 heteroatoms. The van der Waals surface area contributed by atoms with Gasteiger partial charge in [0.05, 0.1) is 11.1 Å². The number of halogens is 2. The SMILES string of the molecule is O=Cc1cc(Br)cc(CN2CCCNCCN(Cc3cc(Br)cc(C=O)c3O)CCCNCC2)c1O. The average molecular weight is 626 g/mol. The van der Waals surface area contributed by atoms with Crippen LogP contribution in [0.5, 0.6) is 11.5 Å². The number of carbonyl (C=O) groups excluding carboxylic acids is 2. The molecule has 0 unspecified atom stereocenters. The van der Waals surface area contributed by atoms with E-state index in [9.17, 15) is 19.8 Å². The van der Waals surface area contributed by atoms with Gasteiger partial charge in [-0.1, -0.05) is 31.9 Å². The summed E-state index contributed by atoms with van der Waals surface area (Å²) in [6.45, 7) is 7.87. The van der Waals surface area contributed by atoms with Crippen LogP contribution in [0, 0.1) is 0 Å². The lowest BCUT2D eigenvalue weighted by atomic mass is 10.1. The van der Waals surface area contributed by atoms with Crippen molar-refractivity contribution < 1.29 is 19.8 Å². The lowest BCUT2D eigenvalue weighted by molar-refractivity contribution is 0.111. The van der Waals surface area contributed by atoms with Crippen molar-refractivity contribution in [2.45, 2.75) is 25.9 Å². The first-order chi connectivity index (χ1) is 17.4. The van der Waals surface area contributed by atoms with E-state index >= 15 is 0 Å². The summed E-state index contributed by atoms with van der Waals surface area (Å²) < 4.78 is 1.56. The molecule has 1 fully saturated rings. The Kier molecular flexibility index (Phi) is 11.8. The van der Waals surface area contributed by atoms with Crippen molar-refractivity contribution in [3.8, 4) is 11.5 Å². The van der Waals surface area contributed by atoms with Crippen LogP contribution in [0.1, 0.15) is 44.7 Å². The molecule has 0 amide bonds. The van der Waals surface area contributed by atoms with E-state index in [1.165, 1.54) is 0 Å². The number of hydrogen-bond donors (Lipinski definition) is 4. The fourth-order valence-electron chi connectivity index (χ4n) is 4.38. The maximum absolute atomic E-state index is 11.3. The Bertz CT molecular complexity index is 940. The highest BCUT2D eigenvalue weighted by molar-refractivity contribution is 9.10. The lowest BCUT2D eigenvalue weighted by Crippen LogP contribution is -2.38. The first-order valence-corrected chi connectivity index (χ1v) is 13.8. The fourth-order valence-corrected chi connectivity index (χ4v) is 5.43. The molecule has 0 atom stereocenters. The number of hydrogen-bond acceptors (Lipinski definition) is 8. The van der Waals surface area contributed by atoms with Gasteiger partial charge in [-0.15, -0.1) is 0 Å². The Labute approximate surface area is 229 Å². The van der Waals surface area contributed by atoms with Crippen LogP contribution in [-0.2, 0) is 13.1 Å². The van der Waals surface area contributed by atoms with E-state index in [0.717, 1.165) is 85.3 Å². The fraction of sp³-hybridized carbons (Fsp3) is 0.462. The second kappa shape index (κ2) is 14.8. The van der Waals surface area contributed by atoms with Gasteiger partial charge in [-0.05, 0) is 63.3 Å². The van der Waals surface area contributed by atoms with Gasteiger partial charge in [-0.25, -0.2) is 0 Å². The number of aldehydes is 2. The van der Waals surface area contributed by atoms with Gasteiger partial charge in [0.1, 0.15) is 11.5 Å². The Morgan fingerprint density at radius 3 is 1.50 bits per heavy atom. The molecule has 2 aromatic rings. The molecule has 0 aliphatic carbocycles. The monoisotopic (exact) mass is 624 g/mol. The first-order valence-electron chi connectivity index (χ1n) is 12.2. The summed E-state index contributed by atoms with van der Waals surface area (Å²) in [5.41, 5.74) is 2.07. The van der Waals surface area contributed by atoms with Crippen molar-refractivity contribution in [1.82, 2.24) is 20.4 Å². The van der Waals surface area contributed by atoms with Crippen LogP contribution in [0.15, 0.2) is 33.2 Å². The summed E-state index contributed by atoms with van der Waals surface area (Å²) in [5, 5.41) is 28.0. The number of phenolic OH excluding ortho intramolecular Hbond substituents is 2. The summed E-state index contributed by atoms with van der Waals surface area (Å²) in [6.07, 6.45) is 3.26. The first kappa shape index (κ1) is 28.7. The normalized spacial score (nSPS) is 17.4. The maximum atomic E-state index is 11.3. The van der Waals surface area contributed by atoms with Gasteiger partial charge < -0.3 is 20.8 Å². The Balaban J connectivity index is 1.57. The van der Waals surface area contributed by atoms with Crippen LogP contribution < -0.4 is 10.6 Å². The van der Waals surface area contributed by atoms with Crippen LogP contribution in [-0.4, -0.2) is 84.9 Å². The maximum Gasteiger partial charge on any atom is 0.153 e. The van der Waals surface area contributed by atoms with Crippen molar-refractivity contribution >= 4 is 44.4 Å². The molecule has 1 heterocycles. The van der Waals surface area contributed by atoms with Crippen molar-refractivity contribution in [3.05, 3.63) is 55.5 Å². The van der Waals surface area contributed by atoms with Crippen molar-refractivity contribution in [2.75, 3.05) is 52.4 Å². The van der Waals surface area contributed by atoms with Crippen molar-refractivity contribution in [3.63, 3.8) is 0 Å². The molecule has 1 aliphatic rings. The third-order valence-electron chi connectivity index (χ3n) is 6.27. The molecular weight excluding hydrogens is 592 g/mol. The van der Waals surface area contributed by atoms with Gasteiger partial charge in [0.25, 0.3) is 0 Å². The van der Waals surface area contributed by atoms with E-state index in [2.05, 4.69) is 52.3 Å². The highest BCUT2D eigenvalue weighted by Crippen LogP contribution is 2.28. The van der Waals surface area contributed by atoms with Crippen LogP contribution in [0.4, 0.5) is 0 Å². The van der Waals surface area contributed by atoms with Gasteiger partial charge in [0, 0.05) is 59.3 Å². The summed E-state index contributed by atoms with van der Waals surface area (Å²) >= 11 is 6.86. The zero-order valence-corrected chi connectivity index (χ0v) is 23.5. The van der Waals surface area contributed by atoms with Gasteiger partial charge in [-0.2, -0.15) is 0 Å². The summed E-state index contributed by atoms with van der Waals surface area (Å²) in [4.78, 5) is 27.2. The molecular formula is C26H34Br2N4O4. The lowest BCUT2D eigenvalue weighted by Gasteiger charge is -2.26. The van der Waals surface area contributed by atoms with Gasteiger partial charge in [-0.3, -0.25) is 19.4 Å². The largest absolute Gasteiger partial charge is 0.507 e. The van der Waals surface area contributed by atoms with E-state index in [1.54, 1.807) is 12.1 Å². The summed E-state index contributed by atoms with van der Waals surface area (Å²) in [6, 6.07) is 7.00. The molecule has 1 aliphatic heterocycles. The Morgan fingerprint density at radius 1 is 0.694 bits per heavy atom. The Morgan fingerprint density at radius 2 is 1.11 bits per heavy atom. The van der Waals surface area contributed by atoms with Crippen LogP contribution in [0.3, 0.4) is 0 Å². The van der Waals surface area contributed by atoms with E-state index in [-0.39, 0.29) is 11.5 Å². The van der Waals surface area contributed by atoms with Crippen LogP contribution in [0.2, 0.25) is 0 Å². The third-order valence-corrected chi connectivity index (χ3v) is 7.19. The number of benzene rings is 2. The van der Waals surface area contributed by atoms with Gasteiger partial charge >= 0.3 is 0 Å². The molecule has 0 aromatic heterocycles. The van der Waals surface area contributed by atoms with E-state index in [4.69, 9.17) is 0 Å². The number of carbonyl (C=O) groups is 2.